The Balaban J connectivity index is 2.20. The van der Waals surface area contributed by atoms with Crippen LogP contribution in [0, 0.1) is 11.3 Å². The number of aryl methyl sites for hydroxylation is 1. The summed E-state index contributed by atoms with van der Waals surface area (Å²) >= 11 is 0. The first-order valence-electron chi connectivity index (χ1n) is 6.80. The summed E-state index contributed by atoms with van der Waals surface area (Å²) in [5.41, 5.74) is 9.03. The van der Waals surface area contributed by atoms with Crippen molar-refractivity contribution in [2.75, 3.05) is 0 Å². The zero-order valence-corrected chi connectivity index (χ0v) is 11.6. The lowest BCUT2D eigenvalue weighted by Gasteiger charge is -2.23. The summed E-state index contributed by atoms with van der Waals surface area (Å²) in [5.74, 6) is 0.268. The molecule has 0 aromatic carbocycles. The Bertz CT molecular complexity index is 726. The predicted octanol–water partition coefficient (Wildman–Crippen LogP) is 1.98. The van der Waals surface area contributed by atoms with Gasteiger partial charge in [-0.3, -0.25) is 10.1 Å². The lowest BCUT2D eigenvalue weighted by atomic mass is 9.84. The maximum absolute atomic E-state index is 9.46. The zero-order valence-electron chi connectivity index (χ0n) is 11.6. The molecule has 0 amide bonds. The highest BCUT2D eigenvalue weighted by molar-refractivity contribution is 5.54. The molecule has 3 N–H and O–H groups in total. The van der Waals surface area contributed by atoms with Gasteiger partial charge in [-0.05, 0) is 18.1 Å². The Labute approximate surface area is 122 Å². The molecule has 0 radical (unpaired) electrons. The van der Waals surface area contributed by atoms with E-state index in [1.165, 1.54) is 0 Å². The molecule has 0 saturated heterocycles. The largest absolute Gasteiger partial charge is 0.420 e. The number of aromatic amines is 1. The highest BCUT2D eigenvalue weighted by Crippen LogP contribution is 2.42. The smallest absolute Gasteiger partial charge is 0.244 e. The number of aromatic nitrogens is 3. The molecule has 0 saturated carbocycles. The van der Waals surface area contributed by atoms with Crippen molar-refractivity contribution in [1.82, 2.24) is 15.2 Å². The molecule has 0 fully saturated rings. The Morgan fingerprint density at radius 3 is 3.05 bits per heavy atom. The second-order valence-corrected chi connectivity index (χ2v) is 4.88. The molecule has 3 rings (SSSR count). The van der Waals surface area contributed by atoms with Gasteiger partial charge in [-0.15, -0.1) is 5.10 Å². The molecule has 0 unspecified atom stereocenters. The minimum atomic E-state index is -0.284. The van der Waals surface area contributed by atoms with Gasteiger partial charge in [0.25, 0.3) is 0 Å². The number of hydrogen-bond donors (Lipinski definition) is 2. The lowest BCUT2D eigenvalue weighted by Crippen LogP contribution is -2.21. The number of nitrogens with zero attached hydrogens (tertiary/aromatic N) is 3. The Kier molecular flexibility index (Phi) is 3.32. The van der Waals surface area contributed by atoms with E-state index in [0.29, 0.717) is 11.5 Å². The molecule has 0 aliphatic carbocycles. The summed E-state index contributed by atoms with van der Waals surface area (Å²) in [6.07, 6.45) is 5.24. The topological polar surface area (TPSA) is 101 Å². The van der Waals surface area contributed by atoms with Crippen molar-refractivity contribution in [2.24, 2.45) is 5.73 Å². The van der Waals surface area contributed by atoms with Gasteiger partial charge in [-0.2, -0.15) is 5.26 Å². The Hall–Kier alpha value is -2.81. The number of fused-ring (bicyclic) bond motifs is 1. The molecule has 6 heteroatoms. The quantitative estimate of drug-likeness (QED) is 0.895. The SMILES string of the molecule is CCCc1[nH]nc2c1[C@H](c1cccnc1)C(C#N)=C(N)O2. The predicted molar refractivity (Wildman–Crippen MR) is 76.1 cm³/mol. The van der Waals surface area contributed by atoms with Crippen molar-refractivity contribution in [2.45, 2.75) is 25.7 Å². The van der Waals surface area contributed by atoms with Gasteiger partial charge in [0.2, 0.25) is 11.8 Å². The number of nitrogens with one attached hydrogen (secondary N) is 1. The van der Waals surface area contributed by atoms with Crippen LogP contribution in [-0.4, -0.2) is 15.2 Å². The van der Waals surface area contributed by atoms with Crippen LogP contribution in [0.2, 0.25) is 0 Å². The summed E-state index contributed by atoms with van der Waals surface area (Å²) < 4.78 is 5.49. The Morgan fingerprint density at radius 2 is 2.38 bits per heavy atom. The summed E-state index contributed by atoms with van der Waals surface area (Å²) in [4.78, 5) is 4.14. The van der Waals surface area contributed by atoms with Crippen LogP contribution in [-0.2, 0) is 6.42 Å². The molecule has 106 valence electrons. The first-order valence-corrected chi connectivity index (χ1v) is 6.80. The summed E-state index contributed by atoms with van der Waals surface area (Å²) in [6.45, 7) is 2.09. The van der Waals surface area contributed by atoms with E-state index in [1.807, 2.05) is 12.1 Å². The van der Waals surface area contributed by atoms with E-state index < -0.39 is 0 Å². The minimum absolute atomic E-state index is 0.105. The van der Waals surface area contributed by atoms with Crippen LogP contribution in [0.25, 0.3) is 0 Å². The van der Waals surface area contributed by atoms with Gasteiger partial charge in [0.15, 0.2) is 0 Å². The number of allylic oxidation sites excluding steroid dienone is 1. The maximum atomic E-state index is 9.46. The number of pyridine rings is 1. The van der Waals surface area contributed by atoms with Crippen LogP contribution in [0.3, 0.4) is 0 Å². The van der Waals surface area contributed by atoms with Crippen LogP contribution in [0.1, 0.15) is 36.1 Å². The lowest BCUT2D eigenvalue weighted by molar-refractivity contribution is 0.378. The van der Waals surface area contributed by atoms with Crippen LogP contribution < -0.4 is 10.5 Å². The highest BCUT2D eigenvalue weighted by atomic mass is 16.5. The fourth-order valence-electron chi connectivity index (χ4n) is 2.63. The van der Waals surface area contributed by atoms with E-state index >= 15 is 0 Å². The van der Waals surface area contributed by atoms with Crippen LogP contribution in [0.15, 0.2) is 36.0 Å². The molecular formula is C15H15N5O. The van der Waals surface area contributed by atoms with Crippen LogP contribution in [0.5, 0.6) is 5.88 Å². The third-order valence-corrected chi connectivity index (χ3v) is 3.54. The number of nitrogens with two attached hydrogens (primary N) is 1. The van der Waals surface area contributed by atoms with E-state index in [9.17, 15) is 5.26 Å². The van der Waals surface area contributed by atoms with Gasteiger partial charge < -0.3 is 10.5 Å². The van der Waals surface area contributed by atoms with E-state index in [4.69, 9.17) is 10.5 Å². The van der Waals surface area contributed by atoms with Crippen LogP contribution in [0.4, 0.5) is 0 Å². The van der Waals surface area contributed by atoms with Gasteiger partial charge in [-0.1, -0.05) is 19.4 Å². The molecular weight excluding hydrogens is 266 g/mol. The molecule has 2 aromatic heterocycles. The molecule has 2 aromatic rings. The highest BCUT2D eigenvalue weighted by Gasteiger charge is 2.34. The number of ether oxygens (including phenoxy) is 1. The summed E-state index contributed by atoms with van der Waals surface area (Å²) in [7, 11) is 0. The normalized spacial score (nSPS) is 17.0. The fourth-order valence-corrected chi connectivity index (χ4v) is 2.63. The molecule has 3 heterocycles. The van der Waals surface area contributed by atoms with Crippen LogP contribution >= 0.6 is 0 Å². The number of H-pyrrole nitrogens is 1. The maximum Gasteiger partial charge on any atom is 0.244 e. The molecule has 1 aliphatic heterocycles. The van der Waals surface area contributed by atoms with E-state index in [1.54, 1.807) is 12.4 Å². The zero-order chi connectivity index (χ0) is 14.8. The number of hydrogen-bond acceptors (Lipinski definition) is 5. The molecule has 0 bridgehead atoms. The fraction of sp³-hybridized carbons (Fsp3) is 0.267. The molecule has 1 aliphatic rings. The van der Waals surface area contributed by atoms with Gasteiger partial charge in [-0.25, -0.2) is 0 Å². The Morgan fingerprint density at radius 1 is 1.52 bits per heavy atom. The summed E-state index contributed by atoms with van der Waals surface area (Å²) in [5, 5.41) is 16.6. The van der Waals surface area contributed by atoms with Crippen molar-refractivity contribution in [1.29, 1.82) is 5.26 Å². The molecule has 6 nitrogen and oxygen atoms in total. The van der Waals surface area contributed by atoms with Crippen molar-refractivity contribution in [3.63, 3.8) is 0 Å². The molecule has 0 spiro atoms. The van der Waals surface area contributed by atoms with E-state index in [-0.39, 0.29) is 11.8 Å². The van der Waals surface area contributed by atoms with Crippen molar-refractivity contribution in [3.05, 3.63) is 52.8 Å². The minimum Gasteiger partial charge on any atom is -0.420 e. The average Bonchev–Trinajstić information content (AvgIpc) is 2.89. The summed E-state index contributed by atoms with van der Waals surface area (Å²) in [6, 6.07) is 5.94. The van der Waals surface area contributed by atoms with Crippen molar-refractivity contribution < 1.29 is 4.74 Å². The first-order chi connectivity index (χ1) is 10.3. The third kappa shape index (κ3) is 2.13. The second-order valence-electron chi connectivity index (χ2n) is 4.88. The second kappa shape index (κ2) is 5.29. The number of nitriles is 1. The molecule has 1 atom stereocenters. The molecule has 21 heavy (non-hydrogen) atoms. The van der Waals surface area contributed by atoms with E-state index in [2.05, 4.69) is 28.2 Å². The average molecular weight is 281 g/mol. The van der Waals surface area contributed by atoms with Crippen molar-refractivity contribution >= 4 is 0 Å². The van der Waals surface area contributed by atoms with Gasteiger partial charge in [0.05, 0.1) is 11.5 Å². The number of rotatable bonds is 3. The third-order valence-electron chi connectivity index (χ3n) is 3.54. The monoisotopic (exact) mass is 281 g/mol. The first kappa shape index (κ1) is 13.2. The van der Waals surface area contributed by atoms with Gasteiger partial charge in [0, 0.05) is 18.1 Å². The standard InChI is InChI=1S/C15H15N5O/c1-2-4-11-13-12(9-5-3-6-18-8-9)10(7-16)14(17)21-15(13)20-19-11/h3,5-6,8,12H,2,4,17H2,1H3,(H,19,20)/t12-/m1/s1. The van der Waals surface area contributed by atoms with Crippen molar-refractivity contribution in [3.8, 4) is 11.9 Å². The van der Waals surface area contributed by atoms with E-state index in [0.717, 1.165) is 29.7 Å². The van der Waals surface area contributed by atoms with Gasteiger partial charge >= 0.3 is 0 Å². The van der Waals surface area contributed by atoms with Gasteiger partial charge in [0.1, 0.15) is 11.6 Å².